The molecule has 1 unspecified atom stereocenters. The summed E-state index contributed by atoms with van der Waals surface area (Å²) in [5, 5.41) is 9.81. The average molecular weight is 598 g/mol. The molecule has 2 bridgehead atoms. The van der Waals surface area contributed by atoms with Crippen molar-refractivity contribution in [2.45, 2.75) is 81.3 Å². The van der Waals surface area contributed by atoms with Crippen LogP contribution < -0.4 is 10.1 Å². The Morgan fingerprint density at radius 3 is 2.40 bits per heavy atom. The largest absolute Gasteiger partial charge is 0.481 e. The molecule has 0 aromatic carbocycles. The molecule has 2 aromatic heterocycles. The molecule has 3 fully saturated rings. The highest BCUT2D eigenvalue weighted by molar-refractivity contribution is 5.94. The van der Waals surface area contributed by atoms with E-state index in [1.807, 2.05) is 0 Å². The van der Waals surface area contributed by atoms with E-state index in [0.717, 1.165) is 19.0 Å². The van der Waals surface area contributed by atoms with E-state index in [0.29, 0.717) is 18.5 Å². The van der Waals surface area contributed by atoms with Crippen molar-refractivity contribution in [3.8, 4) is 17.1 Å². The number of methoxy groups -OCH3 is 2. The maximum Gasteiger partial charge on any atom is 0.417 e. The van der Waals surface area contributed by atoms with Crippen molar-refractivity contribution in [1.82, 2.24) is 25.4 Å². The van der Waals surface area contributed by atoms with Crippen molar-refractivity contribution in [2.24, 2.45) is 5.92 Å². The minimum atomic E-state index is -4.51. The van der Waals surface area contributed by atoms with Gasteiger partial charge in [0.15, 0.2) is 17.1 Å². The van der Waals surface area contributed by atoms with Crippen LogP contribution in [0, 0.1) is 11.7 Å². The Morgan fingerprint density at radius 2 is 1.79 bits per heavy atom. The van der Waals surface area contributed by atoms with Crippen molar-refractivity contribution < 1.29 is 41.4 Å². The molecular formula is C28H35F4N5O5. The van der Waals surface area contributed by atoms with E-state index in [1.54, 1.807) is 4.90 Å². The first kappa shape index (κ1) is 30.2. The zero-order valence-corrected chi connectivity index (χ0v) is 23.5. The van der Waals surface area contributed by atoms with Gasteiger partial charge in [-0.25, -0.2) is 9.37 Å². The highest BCUT2D eigenvalue weighted by Crippen LogP contribution is 2.45. The van der Waals surface area contributed by atoms with Gasteiger partial charge in [0.05, 0.1) is 32.2 Å². The molecular weight excluding hydrogens is 562 g/mol. The standard InChI is InChI=1S/C28H35F4N5O5/c1-40-9-10-42-27(28(30,31)32)7-5-17(6-8-27)34-25(38)16-11-18-3-4-19(12-16)37(18)26(39)23-14-22(35-36-23)20-13-24(41-2)33-15-21(20)29/h13-19H,3-12H2,1-2H3,(H,34,38)(H,35,36)/t16-,17-,18-,19?,27-/m1/s1. The predicted octanol–water partition coefficient (Wildman–Crippen LogP) is 4.03. The highest BCUT2D eigenvalue weighted by Gasteiger charge is 2.57. The minimum Gasteiger partial charge on any atom is -0.481 e. The number of amides is 2. The second kappa shape index (κ2) is 12.2. The number of carbonyl (C=O) groups is 2. The summed E-state index contributed by atoms with van der Waals surface area (Å²) in [5.74, 6) is -1.20. The number of fused-ring (bicyclic) bond motifs is 2. The smallest absolute Gasteiger partial charge is 0.417 e. The Kier molecular flexibility index (Phi) is 8.74. The van der Waals surface area contributed by atoms with Crippen LogP contribution in [0.3, 0.4) is 0 Å². The molecule has 2 N–H and O–H groups in total. The summed E-state index contributed by atoms with van der Waals surface area (Å²) in [4.78, 5) is 32.2. The van der Waals surface area contributed by atoms with Gasteiger partial charge in [-0.3, -0.25) is 14.7 Å². The van der Waals surface area contributed by atoms with Crippen molar-refractivity contribution >= 4 is 11.8 Å². The molecule has 14 heteroatoms. The van der Waals surface area contributed by atoms with Crippen molar-refractivity contribution in [3.63, 3.8) is 0 Å². The van der Waals surface area contributed by atoms with Crippen LogP contribution in [0.1, 0.15) is 61.9 Å². The Bertz CT molecular complexity index is 1270. The molecule has 3 aliphatic rings. The van der Waals surface area contributed by atoms with Gasteiger partial charge in [0.25, 0.3) is 5.91 Å². The second-order valence-electron chi connectivity index (χ2n) is 11.3. The van der Waals surface area contributed by atoms with Gasteiger partial charge < -0.3 is 24.4 Å². The van der Waals surface area contributed by atoms with E-state index in [9.17, 15) is 27.2 Å². The number of rotatable bonds is 9. The Hall–Kier alpha value is -3.26. The van der Waals surface area contributed by atoms with Crippen LogP contribution in [-0.2, 0) is 14.3 Å². The van der Waals surface area contributed by atoms with E-state index in [2.05, 4.69) is 20.5 Å². The van der Waals surface area contributed by atoms with Crippen molar-refractivity contribution in [1.29, 1.82) is 0 Å². The van der Waals surface area contributed by atoms with E-state index in [4.69, 9.17) is 14.2 Å². The SMILES string of the molecule is COCCO[C@]1(C(F)(F)F)CC[C@@H](NC(=O)[C@H]2CC3CC[C@H](C2)N3C(=O)c2cc(-c3cc(OC)ncc3F)[nH]n2)CC1. The summed E-state index contributed by atoms with van der Waals surface area (Å²) >= 11 is 0. The number of halogens is 4. The lowest BCUT2D eigenvalue weighted by atomic mass is 9.81. The number of nitrogens with zero attached hydrogens (tertiary/aromatic N) is 3. The fraction of sp³-hybridized carbons (Fsp3) is 0.643. The molecule has 42 heavy (non-hydrogen) atoms. The van der Waals surface area contributed by atoms with Crippen LogP contribution >= 0.6 is 0 Å². The molecule has 10 nitrogen and oxygen atoms in total. The number of alkyl halides is 3. The lowest BCUT2D eigenvalue weighted by molar-refractivity contribution is -0.290. The first-order valence-corrected chi connectivity index (χ1v) is 14.1. The van der Waals surface area contributed by atoms with Crippen LogP contribution in [0.2, 0.25) is 0 Å². The zero-order chi connectivity index (χ0) is 30.1. The molecule has 4 heterocycles. The summed E-state index contributed by atoms with van der Waals surface area (Å²) in [6.45, 7) is -0.0799. The van der Waals surface area contributed by atoms with Crippen LogP contribution in [0.5, 0.6) is 5.88 Å². The first-order valence-electron chi connectivity index (χ1n) is 14.1. The lowest BCUT2D eigenvalue weighted by Crippen LogP contribution is -2.55. The van der Waals surface area contributed by atoms with E-state index < -0.39 is 17.6 Å². The normalized spacial score (nSPS) is 27.6. The molecule has 0 radical (unpaired) electrons. The van der Waals surface area contributed by atoms with Gasteiger partial charge in [0, 0.05) is 42.8 Å². The summed E-state index contributed by atoms with van der Waals surface area (Å²) in [5.41, 5.74) is -1.60. The maximum atomic E-state index is 14.4. The molecule has 0 spiro atoms. The zero-order valence-electron chi connectivity index (χ0n) is 23.5. The molecule has 2 aromatic rings. The maximum absolute atomic E-state index is 14.4. The predicted molar refractivity (Wildman–Crippen MR) is 141 cm³/mol. The Labute approximate surface area is 240 Å². The number of ether oxygens (including phenoxy) is 3. The van der Waals surface area contributed by atoms with Gasteiger partial charge in [-0.05, 0) is 57.4 Å². The number of piperidine rings is 1. The number of aromatic amines is 1. The third-order valence-corrected chi connectivity index (χ3v) is 8.79. The number of hydrogen-bond donors (Lipinski definition) is 2. The average Bonchev–Trinajstić information content (AvgIpc) is 3.55. The second-order valence-corrected chi connectivity index (χ2v) is 11.3. The van der Waals surface area contributed by atoms with Gasteiger partial charge in [0.1, 0.15) is 0 Å². The number of H-pyrrole nitrogens is 1. The van der Waals surface area contributed by atoms with Crippen LogP contribution in [0.4, 0.5) is 17.6 Å². The first-order chi connectivity index (χ1) is 20.0. The molecule has 2 amide bonds. The van der Waals surface area contributed by atoms with E-state index in [-0.39, 0.29) is 91.9 Å². The summed E-state index contributed by atoms with van der Waals surface area (Å²) in [6.07, 6.45) is -1.22. The Morgan fingerprint density at radius 1 is 1.10 bits per heavy atom. The molecule has 230 valence electrons. The summed E-state index contributed by atoms with van der Waals surface area (Å²) in [7, 11) is 2.82. The number of aromatic nitrogens is 3. The molecule has 2 aliphatic heterocycles. The van der Waals surface area contributed by atoms with Gasteiger partial charge in [-0.15, -0.1) is 0 Å². The van der Waals surface area contributed by atoms with Gasteiger partial charge in [-0.1, -0.05) is 0 Å². The molecule has 2 saturated heterocycles. The van der Waals surface area contributed by atoms with Crippen LogP contribution in [0.25, 0.3) is 11.3 Å². The minimum absolute atomic E-state index is 0.0708. The highest BCUT2D eigenvalue weighted by atomic mass is 19.4. The van der Waals surface area contributed by atoms with Gasteiger partial charge in [0.2, 0.25) is 11.8 Å². The van der Waals surface area contributed by atoms with E-state index in [1.165, 1.54) is 26.4 Å². The third-order valence-electron chi connectivity index (χ3n) is 8.79. The van der Waals surface area contributed by atoms with Crippen LogP contribution in [-0.4, -0.2) is 89.2 Å². The number of carbonyl (C=O) groups excluding carboxylic acids is 2. The lowest BCUT2D eigenvalue weighted by Gasteiger charge is -2.42. The quantitative estimate of drug-likeness (QED) is 0.331. The monoisotopic (exact) mass is 597 g/mol. The molecule has 3 atom stereocenters. The summed E-state index contributed by atoms with van der Waals surface area (Å²) in [6, 6.07) is 2.20. The van der Waals surface area contributed by atoms with Crippen molar-refractivity contribution in [3.05, 3.63) is 29.8 Å². The van der Waals surface area contributed by atoms with Crippen LogP contribution in [0.15, 0.2) is 18.3 Å². The Balaban J connectivity index is 1.18. The van der Waals surface area contributed by atoms with Gasteiger partial charge >= 0.3 is 6.18 Å². The third kappa shape index (κ3) is 5.96. The molecule has 5 rings (SSSR count). The number of pyridine rings is 1. The van der Waals surface area contributed by atoms with E-state index >= 15 is 0 Å². The molecule has 1 aliphatic carbocycles. The van der Waals surface area contributed by atoms with Gasteiger partial charge in [-0.2, -0.15) is 18.3 Å². The van der Waals surface area contributed by atoms with Crippen molar-refractivity contribution in [2.75, 3.05) is 27.4 Å². The fourth-order valence-corrected chi connectivity index (χ4v) is 6.54. The number of nitrogens with one attached hydrogen (secondary N) is 2. The fourth-order valence-electron chi connectivity index (χ4n) is 6.54. The molecule has 1 saturated carbocycles. The summed E-state index contributed by atoms with van der Waals surface area (Å²) < 4.78 is 71.1. The number of hydrogen-bond acceptors (Lipinski definition) is 7. The topological polar surface area (TPSA) is 119 Å².